The molecule has 1 heterocycles. The van der Waals surface area contributed by atoms with Crippen molar-refractivity contribution < 1.29 is 19.1 Å². The average molecular weight is 361 g/mol. The highest BCUT2D eigenvalue weighted by molar-refractivity contribution is 5.91. The summed E-state index contributed by atoms with van der Waals surface area (Å²) in [6.07, 6.45) is -0.251. The standard InChI is InChI=1S/C19H27N3O4/c1-12(20-18(25)26-19(2,3)4)16(23)21-15-10-13-8-6-7-9-14(13)11-22(5)17(15)24/h6-9,12,15H,10-11H2,1-5H3,(H,20,25)(H,21,23)/t12-,15-/m0/s1. The Bertz CT molecular complexity index is 696. The zero-order valence-corrected chi connectivity index (χ0v) is 16.0. The maximum Gasteiger partial charge on any atom is 0.408 e. The smallest absolute Gasteiger partial charge is 0.408 e. The number of hydrogen-bond donors (Lipinski definition) is 2. The van der Waals surface area contributed by atoms with Gasteiger partial charge in [0.15, 0.2) is 0 Å². The lowest BCUT2D eigenvalue weighted by Crippen LogP contribution is -2.53. The van der Waals surface area contributed by atoms with E-state index in [0.29, 0.717) is 13.0 Å². The molecule has 1 aromatic carbocycles. The molecule has 0 saturated heterocycles. The highest BCUT2D eigenvalue weighted by atomic mass is 16.6. The van der Waals surface area contributed by atoms with Crippen LogP contribution in [0.15, 0.2) is 24.3 Å². The summed E-state index contributed by atoms with van der Waals surface area (Å²) in [6, 6.07) is 6.31. The Morgan fingerprint density at radius 2 is 1.85 bits per heavy atom. The van der Waals surface area contributed by atoms with Gasteiger partial charge < -0.3 is 20.3 Å². The number of benzene rings is 1. The first-order chi connectivity index (χ1) is 12.1. The summed E-state index contributed by atoms with van der Waals surface area (Å²) in [7, 11) is 1.71. The normalized spacial score (nSPS) is 18.4. The number of ether oxygens (including phenoxy) is 1. The van der Waals surface area contributed by atoms with E-state index < -0.39 is 29.7 Å². The van der Waals surface area contributed by atoms with E-state index in [2.05, 4.69) is 10.6 Å². The number of carbonyl (C=O) groups is 3. The van der Waals surface area contributed by atoms with Gasteiger partial charge in [-0.3, -0.25) is 9.59 Å². The lowest BCUT2D eigenvalue weighted by molar-refractivity contribution is -0.135. The first-order valence-electron chi connectivity index (χ1n) is 8.68. The SMILES string of the molecule is C[C@H](NC(=O)OC(C)(C)C)C(=O)N[C@H]1Cc2ccccc2CN(C)C1=O. The molecule has 2 rings (SSSR count). The van der Waals surface area contributed by atoms with Crippen molar-refractivity contribution in [2.45, 2.75) is 58.3 Å². The second-order valence-corrected chi connectivity index (χ2v) is 7.60. The number of carbonyl (C=O) groups excluding carboxylic acids is 3. The highest BCUT2D eigenvalue weighted by Gasteiger charge is 2.30. The second-order valence-electron chi connectivity index (χ2n) is 7.60. The molecule has 2 N–H and O–H groups in total. The van der Waals surface area contributed by atoms with E-state index >= 15 is 0 Å². The molecule has 142 valence electrons. The van der Waals surface area contributed by atoms with Crippen LogP contribution < -0.4 is 10.6 Å². The predicted molar refractivity (Wildman–Crippen MR) is 97.4 cm³/mol. The summed E-state index contributed by atoms with van der Waals surface area (Å²) in [5.74, 6) is -0.582. The Morgan fingerprint density at radius 1 is 1.23 bits per heavy atom. The fourth-order valence-electron chi connectivity index (χ4n) is 2.78. The lowest BCUT2D eigenvalue weighted by atomic mass is 10.0. The third-order valence-corrected chi connectivity index (χ3v) is 4.07. The van der Waals surface area contributed by atoms with Crippen molar-refractivity contribution in [3.8, 4) is 0 Å². The van der Waals surface area contributed by atoms with Crippen LogP contribution in [0.4, 0.5) is 4.79 Å². The van der Waals surface area contributed by atoms with Crippen LogP contribution in [0.25, 0.3) is 0 Å². The summed E-state index contributed by atoms with van der Waals surface area (Å²) in [6.45, 7) is 7.30. The minimum absolute atomic E-state index is 0.154. The van der Waals surface area contributed by atoms with Crippen LogP contribution in [0.2, 0.25) is 0 Å². The summed E-state index contributed by atoms with van der Waals surface area (Å²) >= 11 is 0. The summed E-state index contributed by atoms with van der Waals surface area (Å²) < 4.78 is 5.15. The molecule has 7 nitrogen and oxygen atoms in total. The van der Waals surface area contributed by atoms with E-state index in [1.807, 2.05) is 24.3 Å². The Kier molecular flexibility index (Phi) is 5.90. The van der Waals surface area contributed by atoms with Gasteiger partial charge in [0.2, 0.25) is 11.8 Å². The van der Waals surface area contributed by atoms with Gasteiger partial charge in [-0.2, -0.15) is 0 Å². The van der Waals surface area contributed by atoms with E-state index in [1.165, 1.54) is 0 Å². The molecule has 0 aliphatic carbocycles. The molecular weight excluding hydrogens is 334 g/mol. The van der Waals surface area contributed by atoms with Gasteiger partial charge >= 0.3 is 6.09 Å². The van der Waals surface area contributed by atoms with E-state index in [4.69, 9.17) is 4.74 Å². The number of hydrogen-bond acceptors (Lipinski definition) is 4. The van der Waals surface area contributed by atoms with E-state index in [9.17, 15) is 14.4 Å². The molecule has 0 fully saturated rings. The first-order valence-corrected chi connectivity index (χ1v) is 8.68. The van der Waals surface area contributed by atoms with Crippen molar-refractivity contribution in [2.24, 2.45) is 0 Å². The predicted octanol–water partition coefficient (Wildman–Crippen LogP) is 1.60. The highest BCUT2D eigenvalue weighted by Crippen LogP contribution is 2.18. The van der Waals surface area contributed by atoms with Gasteiger partial charge in [-0.1, -0.05) is 24.3 Å². The van der Waals surface area contributed by atoms with Crippen LogP contribution in [0, 0.1) is 0 Å². The van der Waals surface area contributed by atoms with Crippen LogP contribution in [0.5, 0.6) is 0 Å². The van der Waals surface area contributed by atoms with Gasteiger partial charge in [-0.25, -0.2) is 4.79 Å². The zero-order valence-electron chi connectivity index (χ0n) is 16.0. The third-order valence-electron chi connectivity index (χ3n) is 4.07. The minimum Gasteiger partial charge on any atom is -0.444 e. The third kappa shape index (κ3) is 5.21. The molecule has 0 aromatic heterocycles. The second kappa shape index (κ2) is 7.76. The van der Waals surface area contributed by atoms with Crippen LogP contribution >= 0.6 is 0 Å². The molecule has 0 unspecified atom stereocenters. The quantitative estimate of drug-likeness (QED) is 0.856. The number of fused-ring (bicyclic) bond motifs is 1. The van der Waals surface area contributed by atoms with Crippen molar-refractivity contribution in [1.82, 2.24) is 15.5 Å². The van der Waals surface area contributed by atoms with Crippen LogP contribution in [-0.4, -0.2) is 47.5 Å². The van der Waals surface area contributed by atoms with Crippen LogP contribution in [0.3, 0.4) is 0 Å². The Hall–Kier alpha value is -2.57. The van der Waals surface area contributed by atoms with Gasteiger partial charge in [-0.15, -0.1) is 0 Å². The van der Waals surface area contributed by atoms with E-state index in [0.717, 1.165) is 11.1 Å². The summed E-state index contributed by atoms with van der Waals surface area (Å²) in [4.78, 5) is 38.4. The number of nitrogens with zero attached hydrogens (tertiary/aromatic N) is 1. The molecule has 0 saturated carbocycles. The molecule has 0 spiro atoms. The molecule has 3 amide bonds. The maximum atomic E-state index is 12.6. The molecule has 7 heteroatoms. The fourth-order valence-corrected chi connectivity index (χ4v) is 2.78. The van der Waals surface area contributed by atoms with Gasteiger partial charge in [0, 0.05) is 20.0 Å². The number of nitrogens with one attached hydrogen (secondary N) is 2. The topological polar surface area (TPSA) is 87.7 Å². The largest absolute Gasteiger partial charge is 0.444 e. The maximum absolute atomic E-state index is 12.6. The monoisotopic (exact) mass is 361 g/mol. The molecule has 1 aliphatic heterocycles. The van der Waals surface area contributed by atoms with E-state index in [1.54, 1.807) is 39.6 Å². The fraction of sp³-hybridized carbons (Fsp3) is 0.526. The van der Waals surface area contributed by atoms with Crippen molar-refractivity contribution in [3.63, 3.8) is 0 Å². The van der Waals surface area contributed by atoms with Gasteiger partial charge in [-0.05, 0) is 38.8 Å². The number of rotatable bonds is 3. The van der Waals surface area contributed by atoms with Crippen molar-refractivity contribution in [2.75, 3.05) is 7.05 Å². The zero-order chi connectivity index (χ0) is 19.5. The number of alkyl carbamates (subject to hydrolysis) is 1. The van der Waals surface area contributed by atoms with Crippen molar-refractivity contribution in [3.05, 3.63) is 35.4 Å². The van der Waals surface area contributed by atoms with Crippen molar-refractivity contribution >= 4 is 17.9 Å². The number of amides is 3. The van der Waals surface area contributed by atoms with Gasteiger partial charge in [0.1, 0.15) is 17.7 Å². The summed E-state index contributed by atoms with van der Waals surface area (Å²) in [5.41, 5.74) is 1.45. The molecular formula is C19H27N3O4. The van der Waals surface area contributed by atoms with Crippen LogP contribution in [0.1, 0.15) is 38.8 Å². The minimum atomic E-state index is -0.818. The Morgan fingerprint density at radius 3 is 2.46 bits per heavy atom. The van der Waals surface area contributed by atoms with Crippen LogP contribution in [-0.2, 0) is 27.3 Å². The van der Waals surface area contributed by atoms with Crippen molar-refractivity contribution in [1.29, 1.82) is 0 Å². The Balaban J connectivity index is 2.03. The average Bonchev–Trinajstić information content (AvgIpc) is 2.63. The lowest BCUT2D eigenvalue weighted by Gasteiger charge is -2.24. The summed E-state index contributed by atoms with van der Waals surface area (Å²) in [5, 5.41) is 5.24. The first kappa shape index (κ1) is 19.8. The number of likely N-dealkylation sites (N-methyl/N-ethyl adjacent to an activating group) is 1. The Labute approximate surface area is 154 Å². The molecule has 0 radical (unpaired) electrons. The molecule has 1 aliphatic rings. The molecule has 1 aromatic rings. The molecule has 0 bridgehead atoms. The van der Waals surface area contributed by atoms with E-state index in [-0.39, 0.29) is 5.91 Å². The van der Waals surface area contributed by atoms with Gasteiger partial charge in [0.05, 0.1) is 0 Å². The molecule has 26 heavy (non-hydrogen) atoms. The van der Waals surface area contributed by atoms with Gasteiger partial charge in [0.25, 0.3) is 0 Å². The molecule has 2 atom stereocenters.